The Labute approximate surface area is 166 Å². The van der Waals surface area contributed by atoms with Crippen molar-refractivity contribution in [2.24, 2.45) is 5.92 Å². The molecular weight excluding hydrogens is 380 g/mol. The molecule has 2 aromatic heterocycles. The molecule has 29 heavy (non-hydrogen) atoms. The van der Waals surface area contributed by atoms with Crippen molar-refractivity contribution in [2.75, 3.05) is 13.1 Å². The minimum atomic E-state index is -1.000. The van der Waals surface area contributed by atoms with E-state index in [-0.39, 0.29) is 36.3 Å². The lowest BCUT2D eigenvalue weighted by Gasteiger charge is -2.22. The number of aromatic nitrogens is 3. The second-order valence-corrected chi connectivity index (χ2v) is 6.88. The number of halogens is 2. The highest BCUT2D eigenvalue weighted by Gasteiger charge is 2.26. The Hall–Kier alpha value is -3.36. The van der Waals surface area contributed by atoms with Crippen LogP contribution in [0.25, 0.3) is 11.0 Å². The van der Waals surface area contributed by atoms with Crippen molar-refractivity contribution in [1.29, 1.82) is 0 Å². The molecule has 2 N–H and O–H groups in total. The number of nitrogens with zero attached hydrogens (tertiary/aromatic N) is 3. The van der Waals surface area contributed by atoms with Crippen molar-refractivity contribution in [1.82, 2.24) is 25.2 Å². The smallest absolute Gasteiger partial charge is 0.252 e. The molecule has 0 aliphatic carbocycles. The van der Waals surface area contributed by atoms with Gasteiger partial charge in [0.2, 0.25) is 5.91 Å². The van der Waals surface area contributed by atoms with Crippen molar-refractivity contribution in [2.45, 2.75) is 19.9 Å². The molecule has 9 heteroatoms. The number of fused-ring (bicyclic) bond motifs is 1. The van der Waals surface area contributed by atoms with Gasteiger partial charge in [-0.15, -0.1) is 0 Å². The summed E-state index contributed by atoms with van der Waals surface area (Å²) in [5.74, 6) is -2.71. The molecule has 2 heterocycles. The molecule has 0 radical (unpaired) electrons. The van der Waals surface area contributed by atoms with Crippen LogP contribution in [0.2, 0.25) is 0 Å². The molecule has 7 nitrogen and oxygen atoms in total. The van der Waals surface area contributed by atoms with Gasteiger partial charge < -0.3 is 15.2 Å². The summed E-state index contributed by atoms with van der Waals surface area (Å²) in [6, 6.07) is 4.67. The summed E-state index contributed by atoms with van der Waals surface area (Å²) in [6.07, 6.45) is 4.43. The molecule has 152 valence electrons. The quantitative estimate of drug-likeness (QED) is 0.595. The number of hydrogen-bond acceptors (Lipinski definition) is 4. The second kappa shape index (κ2) is 8.76. The number of rotatable bonds is 7. The van der Waals surface area contributed by atoms with E-state index in [4.69, 9.17) is 0 Å². The molecule has 3 aromatic rings. The zero-order chi connectivity index (χ0) is 21.0. The van der Waals surface area contributed by atoms with Crippen LogP contribution in [0.15, 0.2) is 43.0 Å². The molecule has 0 spiro atoms. The lowest BCUT2D eigenvalue weighted by Crippen LogP contribution is -2.39. The van der Waals surface area contributed by atoms with Crippen LogP contribution in [0, 0.1) is 17.6 Å². The molecule has 0 saturated heterocycles. The van der Waals surface area contributed by atoms with E-state index in [0.717, 1.165) is 12.1 Å². The number of imidazole rings is 1. The Morgan fingerprint density at radius 2 is 1.86 bits per heavy atom. The third-order valence-electron chi connectivity index (χ3n) is 4.45. The van der Waals surface area contributed by atoms with Crippen molar-refractivity contribution in [3.63, 3.8) is 0 Å². The van der Waals surface area contributed by atoms with Crippen LogP contribution in [-0.4, -0.2) is 39.4 Å². The van der Waals surface area contributed by atoms with E-state index in [1.165, 1.54) is 17.1 Å². The third-order valence-corrected chi connectivity index (χ3v) is 4.45. The number of carbonyl (C=O) groups excluding carboxylic acids is 2. The molecule has 0 saturated carbocycles. The predicted molar refractivity (Wildman–Crippen MR) is 103 cm³/mol. The average molecular weight is 401 g/mol. The maximum absolute atomic E-state index is 13.7. The zero-order valence-corrected chi connectivity index (χ0v) is 16.0. The van der Waals surface area contributed by atoms with Crippen LogP contribution in [0.4, 0.5) is 8.78 Å². The summed E-state index contributed by atoms with van der Waals surface area (Å²) in [6.45, 7) is 4.14. The second-order valence-electron chi connectivity index (χ2n) is 6.88. The van der Waals surface area contributed by atoms with Crippen molar-refractivity contribution < 1.29 is 18.4 Å². The van der Waals surface area contributed by atoms with E-state index in [9.17, 15) is 18.4 Å². The van der Waals surface area contributed by atoms with E-state index in [0.29, 0.717) is 11.1 Å². The molecule has 1 unspecified atom stereocenters. The van der Waals surface area contributed by atoms with E-state index in [1.807, 2.05) is 13.8 Å². The molecule has 3 rings (SSSR count). The van der Waals surface area contributed by atoms with Crippen LogP contribution in [0.3, 0.4) is 0 Å². The number of benzene rings is 1. The number of pyridine rings is 1. The van der Waals surface area contributed by atoms with Gasteiger partial charge in [0.25, 0.3) is 5.91 Å². The molecule has 1 aromatic carbocycles. The summed E-state index contributed by atoms with van der Waals surface area (Å²) in [5.41, 5.74) is 1.03. The highest BCUT2D eigenvalue weighted by atomic mass is 19.2. The largest absolute Gasteiger partial charge is 0.353 e. The van der Waals surface area contributed by atoms with E-state index >= 15 is 0 Å². The predicted octanol–water partition coefficient (Wildman–Crippen LogP) is 2.45. The fourth-order valence-corrected chi connectivity index (χ4v) is 3.06. The van der Waals surface area contributed by atoms with E-state index < -0.39 is 17.7 Å². The molecule has 0 aliphatic heterocycles. The van der Waals surface area contributed by atoms with Crippen LogP contribution >= 0.6 is 0 Å². The summed E-state index contributed by atoms with van der Waals surface area (Å²) in [7, 11) is 0. The first-order valence-electron chi connectivity index (χ1n) is 9.16. The van der Waals surface area contributed by atoms with Crippen LogP contribution < -0.4 is 10.6 Å². The van der Waals surface area contributed by atoms with Gasteiger partial charge in [0, 0.05) is 37.6 Å². The van der Waals surface area contributed by atoms with Crippen molar-refractivity contribution in [3.8, 4) is 0 Å². The maximum Gasteiger partial charge on any atom is 0.252 e. The summed E-state index contributed by atoms with van der Waals surface area (Å²) in [5, 5.41) is 5.46. The van der Waals surface area contributed by atoms with Gasteiger partial charge in [-0.1, -0.05) is 13.8 Å². The normalized spacial score (nSPS) is 12.2. The van der Waals surface area contributed by atoms with E-state index in [1.54, 1.807) is 18.3 Å². The third kappa shape index (κ3) is 4.56. The first-order chi connectivity index (χ1) is 13.9. The average Bonchev–Trinajstić information content (AvgIpc) is 3.08. The fourth-order valence-electron chi connectivity index (χ4n) is 3.06. The summed E-state index contributed by atoms with van der Waals surface area (Å²) in [4.78, 5) is 32.7. The zero-order valence-electron chi connectivity index (χ0n) is 16.0. The van der Waals surface area contributed by atoms with Gasteiger partial charge in [0.15, 0.2) is 11.6 Å². The van der Waals surface area contributed by atoms with Crippen LogP contribution in [-0.2, 0) is 4.79 Å². The van der Waals surface area contributed by atoms with Crippen molar-refractivity contribution in [3.05, 3.63) is 60.2 Å². The Morgan fingerprint density at radius 1 is 1.14 bits per heavy atom. The molecule has 0 fully saturated rings. The highest BCUT2D eigenvalue weighted by molar-refractivity contribution is 5.93. The van der Waals surface area contributed by atoms with Gasteiger partial charge in [0.1, 0.15) is 6.04 Å². The van der Waals surface area contributed by atoms with Gasteiger partial charge in [-0.25, -0.2) is 13.8 Å². The lowest BCUT2D eigenvalue weighted by molar-refractivity contribution is -0.125. The molecule has 0 aliphatic rings. The number of nitrogens with one attached hydrogen (secondary N) is 2. The first-order valence-corrected chi connectivity index (χ1v) is 9.16. The molecule has 0 bridgehead atoms. The van der Waals surface area contributed by atoms with Gasteiger partial charge >= 0.3 is 0 Å². The number of hydrogen-bond donors (Lipinski definition) is 2. The molecule has 1 atom stereocenters. The Balaban J connectivity index is 1.65. The van der Waals surface area contributed by atoms with Crippen LogP contribution in [0.5, 0.6) is 0 Å². The topological polar surface area (TPSA) is 88.9 Å². The Kier molecular flexibility index (Phi) is 6.16. The lowest BCUT2D eigenvalue weighted by atomic mass is 10.0. The standard InChI is InChI=1S/C20H21F2N5O2/c1-12(2)18(27-11-26-16-8-14(21)15(22)9-17(16)27)20(29)25-7-6-24-19(28)13-4-3-5-23-10-13/h3-5,8-12,18H,6-7H2,1-2H3,(H,24,28)(H,25,29). The van der Waals surface area contributed by atoms with Gasteiger partial charge in [-0.05, 0) is 18.1 Å². The van der Waals surface area contributed by atoms with Crippen LogP contribution in [0.1, 0.15) is 30.2 Å². The van der Waals surface area contributed by atoms with Gasteiger partial charge in [-0.3, -0.25) is 14.6 Å². The highest BCUT2D eigenvalue weighted by Crippen LogP contribution is 2.25. The van der Waals surface area contributed by atoms with Gasteiger partial charge in [-0.2, -0.15) is 0 Å². The number of carbonyl (C=O) groups is 2. The van der Waals surface area contributed by atoms with E-state index in [2.05, 4.69) is 20.6 Å². The SMILES string of the molecule is CC(C)C(C(=O)NCCNC(=O)c1cccnc1)n1cnc2cc(F)c(F)cc21. The minimum absolute atomic E-state index is 0.134. The van der Waals surface area contributed by atoms with Gasteiger partial charge in [0.05, 0.1) is 22.9 Å². The van der Waals surface area contributed by atoms with Crippen molar-refractivity contribution >= 4 is 22.8 Å². The summed E-state index contributed by atoms with van der Waals surface area (Å²) >= 11 is 0. The Bertz CT molecular complexity index is 1020. The number of amides is 2. The Morgan fingerprint density at radius 3 is 2.55 bits per heavy atom. The molecular formula is C20H21F2N5O2. The fraction of sp³-hybridized carbons (Fsp3) is 0.300. The monoisotopic (exact) mass is 401 g/mol. The first kappa shape index (κ1) is 20.4. The minimum Gasteiger partial charge on any atom is -0.353 e. The molecule has 2 amide bonds. The summed E-state index contributed by atoms with van der Waals surface area (Å²) < 4.78 is 28.6. The maximum atomic E-state index is 13.7.